The molecule has 0 saturated heterocycles. The van der Waals surface area contributed by atoms with Gasteiger partial charge in [0.05, 0.1) is 0 Å². The highest BCUT2D eigenvalue weighted by atomic mass is 16.5. The molecule has 66 valence electrons. The summed E-state index contributed by atoms with van der Waals surface area (Å²) in [7, 11) is 0. The Kier molecular flexibility index (Phi) is 3.40. The number of aliphatic carboxylic acids is 1. The van der Waals surface area contributed by atoms with Gasteiger partial charge in [-0.05, 0) is 0 Å². The zero-order valence-electron chi connectivity index (χ0n) is 5.64. The maximum atomic E-state index is 9.97. The van der Waals surface area contributed by atoms with Gasteiger partial charge in [0.1, 0.15) is 0 Å². The summed E-state index contributed by atoms with van der Waals surface area (Å²) >= 11 is 0. The van der Waals surface area contributed by atoms with Gasteiger partial charge in [0.2, 0.25) is 11.9 Å². The van der Waals surface area contributed by atoms with Gasteiger partial charge < -0.3 is 25.5 Å². The van der Waals surface area contributed by atoms with Crippen molar-refractivity contribution >= 4 is 5.97 Å². The van der Waals surface area contributed by atoms with Gasteiger partial charge in [0.15, 0.2) is 0 Å². The van der Waals surface area contributed by atoms with Crippen LogP contribution in [-0.2, 0) is 4.79 Å². The van der Waals surface area contributed by atoms with E-state index >= 15 is 0 Å². The first-order valence-corrected chi connectivity index (χ1v) is 2.88. The molecule has 0 aromatic carbocycles. The number of carboxylic acids is 1. The van der Waals surface area contributed by atoms with Crippen molar-refractivity contribution in [1.29, 1.82) is 0 Å². The van der Waals surface area contributed by atoms with Crippen molar-refractivity contribution in [3.8, 4) is 0 Å². The average molecular weight is 166 g/mol. The van der Waals surface area contributed by atoms with Gasteiger partial charge in [-0.2, -0.15) is 0 Å². The van der Waals surface area contributed by atoms with Crippen LogP contribution in [0.4, 0.5) is 0 Å². The van der Waals surface area contributed by atoms with E-state index in [0.29, 0.717) is 0 Å². The molecule has 0 radical (unpaired) electrons. The lowest BCUT2D eigenvalue weighted by Gasteiger charge is -2.23. The third-order valence-corrected chi connectivity index (χ3v) is 1.15. The standard InChI is InChI=1S/C5H10O6/c6-2-1-5(10,11)3(7)4(8)9/h3,6-7,10-11H,1-2H2,(H,8,9). The number of hydrogen-bond acceptors (Lipinski definition) is 5. The molecule has 11 heavy (non-hydrogen) atoms. The van der Waals surface area contributed by atoms with Crippen LogP contribution in [0.15, 0.2) is 0 Å². The van der Waals surface area contributed by atoms with Crippen LogP contribution in [0.2, 0.25) is 0 Å². The van der Waals surface area contributed by atoms with Crippen molar-refractivity contribution in [2.75, 3.05) is 6.61 Å². The predicted molar refractivity (Wildman–Crippen MR) is 32.5 cm³/mol. The zero-order valence-corrected chi connectivity index (χ0v) is 5.64. The molecule has 1 atom stereocenters. The number of hydrogen-bond donors (Lipinski definition) is 5. The lowest BCUT2D eigenvalue weighted by Crippen LogP contribution is -2.47. The second-order valence-electron chi connectivity index (χ2n) is 2.09. The molecule has 0 heterocycles. The highest BCUT2D eigenvalue weighted by Crippen LogP contribution is 2.10. The number of aliphatic hydroxyl groups excluding tert-OH is 2. The third kappa shape index (κ3) is 2.81. The third-order valence-electron chi connectivity index (χ3n) is 1.15. The van der Waals surface area contributed by atoms with Crippen LogP contribution in [0.1, 0.15) is 6.42 Å². The molecule has 5 N–H and O–H groups in total. The van der Waals surface area contributed by atoms with E-state index in [2.05, 4.69) is 0 Å². The number of carboxylic acid groups (broad SMARTS) is 1. The van der Waals surface area contributed by atoms with E-state index in [1.165, 1.54) is 0 Å². The molecule has 0 fully saturated rings. The highest BCUT2D eigenvalue weighted by molar-refractivity contribution is 5.73. The fourth-order valence-electron chi connectivity index (χ4n) is 0.499. The van der Waals surface area contributed by atoms with E-state index in [9.17, 15) is 4.79 Å². The maximum Gasteiger partial charge on any atom is 0.338 e. The SMILES string of the molecule is O=C(O)C(O)C(O)(O)CCO. The van der Waals surface area contributed by atoms with E-state index < -0.39 is 30.9 Å². The summed E-state index contributed by atoms with van der Waals surface area (Å²) in [6.45, 7) is -0.614. The molecule has 0 spiro atoms. The summed E-state index contributed by atoms with van der Waals surface area (Å²) < 4.78 is 0. The molecule has 0 aliphatic rings. The predicted octanol–water partition coefficient (Wildman–Crippen LogP) is -2.50. The molecule has 0 aliphatic heterocycles. The minimum Gasteiger partial charge on any atom is -0.479 e. The first kappa shape index (κ1) is 10.3. The summed E-state index contributed by atoms with van der Waals surface area (Å²) in [6, 6.07) is 0. The van der Waals surface area contributed by atoms with E-state index in [-0.39, 0.29) is 0 Å². The van der Waals surface area contributed by atoms with E-state index in [4.69, 9.17) is 25.5 Å². The van der Waals surface area contributed by atoms with Gasteiger partial charge in [-0.1, -0.05) is 0 Å². The van der Waals surface area contributed by atoms with E-state index in [1.54, 1.807) is 0 Å². The van der Waals surface area contributed by atoms with Crippen molar-refractivity contribution < 1.29 is 30.3 Å². The van der Waals surface area contributed by atoms with Crippen molar-refractivity contribution in [2.24, 2.45) is 0 Å². The Morgan fingerprint density at radius 1 is 1.45 bits per heavy atom. The van der Waals surface area contributed by atoms with Gasteiger partial charge in [-0.3, -0.25) is 0 Å². The summed E-state index contributed by atoms with van der Waals surface area (Å²) in [5.74, 6) is -4.51. The lowest BCUT2D eigenvalue weighted by atomic mass is 10.1. The smallest absolute Gasteiger partial charge is 0.338 e. The molecule has 0 aromatic rings. The summed E-state index contributed by atoms with van der Waals surface area (Å²) in [6.07, 6.45) is -2.91. The molecular weight excluding hydrogens is 156 g/mol. The fraction of sp³-hybridized carbons (Fsp3) is 0.800. The normalized spacial score (nSPS) is 14.5. The first-order chi connectivity index (χ1) is 4.91. The van der Waals surface area contributed by atoms with Gasteiger partial charge in [-0.25, -0.2) is 4.79 Å². The topological polar surface area (TPSA) is 118 Å². The minimum atomic E-state index is -2.76. The van der Waals surface area contributed by atoms with E-state index in [0.717, 1.165) is 0 Å². The van der Waals surface area contributed by atoms with Crippen molar-refractivity contribution in [2.45, 2.75) is 18.3 Å². The molecule has 6 heteroatoms. The largest absolute Gasteiger partial charge is 0.479 e. The number of carbonyl (C=O) groups is 1. The molecule has 0 aromatic heterocycles. The maximum absolute atomic E-state index is 9.97. The Labute approximate surface area is 62.3 Å². The summed E-state index contributed by atoms with van der Waals surface area (Å²) in [5.41, 5.74) is 0. The number of rotatable bonds is 4. The van der Waals surface area contributed by atoms with Gasteiger partial charge in [0.25, 0.3) is 0 Å². The Balaban J connectivity index is 4.16. The monoisotopic (exact) mass is 166 g/mol. The molecule has 1 unspecified atom stereocenters. The molecule has 6 nitrogen and oxygen atoms in total. The minimum absolute atomic E-state index is 0.611. The molecule has 0 amide bonds. The molecular formula is C5H10O6. The Bertz CT molecular complexity index is 142. The Hall–Kier alpha value is -0.690. The van der Waals surface area contributed by atoms with Crippen LogP contribution in [0.3, 0.4) is 0 Å². The Morgan fingerprint density at radius 3 is 2.18 bits per heavy atom. The first-order valence-electron chi connectivity index (χ1n) is 2.88. The molecule has 0 aliphatic carbocycles. The molecule has 0 bridgehead atoms. The van der Waals surface area contributed by atoms with Crippen LogP contribution in [0.5, 0.6) is 0 Å². The van der Waals surface area contributed by atoms with Crippen LogP contribution < -0.4 is 0 Å². The van der Waals surface area contributed by atoms with Crippen molar-refractivity contribution in [3.05, 3.63) is 0 Å². The van der Waals surface area contributed by atoms with Gasteiger partial charge >= 0.3 is 5.97 Å². The van der Waals surface area contributed by atoms with Crippen LogP contribution >= 0.6 is 0 Å². The van der Waals surface area contributed by atoms with Crippen molar-refractivity contribution in [3.63, 3.8) is 0 Å². The highest BCUT2D eigenvalue weighted by Gasteiger charge is 2.37. The molecule has 0 saturated carbocycles. The summed E-state index contributed by atoms with van der Waals surface area (Å²) in [5, 5.41) is 42.3. The van der Waals surface area contributed by atoms with Gasteiger partial charge in [-0.15, -0.1) is 0 Å². The van der Waals surface area contributed by atoms with Gasteiger partial charge in [0, 0.05) is 13.0 Å². The number of aliphatic hydroxyl groups is 4. The molecule has 0 rings (SSSR count). The second kappa shape index (κ2) is 3.63. The summed E-state index contributed by atoms with van der Waals surface area (Å²) in [4.78, 5) is 9.97. The van der Waals surface area contributed by atoms with Crippen LogP contribution in [0.25, 0.3) is 0 Å². The van der Waals surface area contributed by atoms with Crippen LogP contribution in [0, 0.1) is 0 Å². The quantitative estimate of drug-likeness (QED) is 0.294. The fourth-order valence-corrected chi connectivity index (χ4v) is 0.499. The van der Waals surface area contributed by atoms with Crippen molar-refractivity contribution in [1.82, 2.24) is 0 Å². The lowest BCUT2D eigenvalue weighted by molar-refractivity contribution is -0.235. The van der Waals surface area contributed by atoms with E-state index in [1.807, 2.05) is 0 Å². The average Bonchev–Trinajstić information content (AvgIpc) is 1.86. The zero-order chi connectivity index (χ0) is 9.07. The van der Waals surface area contributed by atoms with Crippen LogP contribution in [-0.4, -0.2) is 50.0 Å². The Morgan fingerprint density at radius 2 is 1.91 bits per heavy atom. The second-order valence-corrected chi connectivity index (χ2v) is 2.09.